The van der Waals surface area contributed by atoms with Gasteiger partial charge in [-0.3, -0.25) is 0 Å². The first kappa shape index (κ1) is 20.4. The predicted molar refractivity (Wildman–Crippen MR) is 127 cm³/mol. The summed E-state index contributed by atoms with van der Waals surface area (Å²) in [4.78, 5) is 16.3. The molecular weight excluding hydrogens is 494 g/mol. The number of carbonyl (C=O) groups excluding carboxylic acids is 1. The molecule has 4 aromatic rings. The van der Waals surface area contributed by atoms with E-state index in [0.29, 0.717) is 20.9 Å². The zero-order valence-corrected chi connectivity index (χ0v) is 19.7. The van der Waals surface area contributed by atoms with Crippen LogP contribution in [0.15, 0.2) is 66.7 Å². The van der Waals surface area contributed by atoms with E-state index in [1.54, 1.807) is 10.6 Å². The molecule has 1 aliphatic rings. The Morgan fingerprint density at radius 1 is 1.03 bits per heavy atom. The molecule has 0 amide bonds. The number of carbonyl (C=O) groups is 1. The van der Waals surface area contributed by atoms with E-state index in [1.807, 2.05) is 67.6 Å². The molecule has 0 fully saturated rings. The van der Waals surface area contributed by atoms with Gasteiger partial charge in [-0.2, -0.15) is 0 Å². The molecule has 6 heteroatoms. The van der Waals surface area contributed by atoms with Crippen LogP contribution in [0, 0.1) is 10.2 Å². The summed E-state index contributed by atoms with van der Waals surface area (Å²) in [6.07, 6.45) is 0. The Kier molecular flexibility index (Phi) is 4.96. The second-order valence-corrected chi connectivity index (χ2v) is 10.1. The normalized spacial score (nSPS) is 17.3. The number of nitriles is 1. The molecule has 1 atom stereocenters. The third-order valence-electron chi connectivity index (χ3n) is 5.96. The topological polar surface area (TPSA) is 45.8 Å². The van der Waals surface area contributed by atoms with Crippen molar-refractivity contribution in [2.75, 3.05) is 0 Å². The van der Waals surface area contributed by atoms with Crippen molar-refractivity contribution >= 4 is 55.0 Å². The first-order valence-corrected chi connectivity index (χ1v) is 12.5. The molecule has 0 bridgehead atoms. The van der Waals surface area contributed by atoms with Crippen molar-refractivity contribution in [1.82, 2.24) is 4.57 Å². The molecule has 2 heterocycles. The fraction of sp³-hybridized carbons (Fsp3) is 0.120. The number of benzene rings is 3. The number of halogens is 2. The van der Waals surface area contributed by atoms with Gasteiger partial charge < -0.3 is 0 Å². The maximum atomic E-state index is 14.1. The number of fused-ring (bicyclic) bond motifs is 5. The molecule has 0 N–H and O–H groups in total. The molecule has 0 aliphatic carbocycles. The Labute approximate surface area is 196 Å². The summed E-state index contributed by atoms with van der Waals surface area (Å²) in [6, 6.07) is 21.7. The van der Waals surface area contributed by atoms with Crippen molar-refractivity contribution in [3.05, 3.63) is 82.3 Å². The fourth-order valence-electron chi connectivity index (χ4n) is 4.52. The molecule has 31 heavy (non-hydrogen) atoms. The number of hydrogen-bond donors (Lipinski definition) is 0. The van der Waals surface area contributed by atoms with Gasteiger partial charge in [-0.25, -0.2) is 0 Å². The summed E-state index contributed by atoms with van der Waals surface area (Å²) < 4.78 is 1.74. The van der Waals surface area contributed by atoms with Crippen molar-refractivity contribution in [2.45, 2.75) is 17.7 Å². The summed E-state index contributed by atoms with van der Waals surface area (Å²) in [5.41, 5.74) is 4.54. The van der Waals surface area contributed by atoms with E-state index in [2.05, 4.69) is 4.97 Å². The maximum absolute atomic E-state index is 14.1. The summed E-state index contributed by atoms with van der Waals surface area (Å²) in [5, 5.41) is 11.4. The van der Waals surface area contributed by atoms with E-state index in [0.717, 1.165) is 33.3 Å². The van der Waals surface area contributed by atoms with E-state index < -0.39 is 5.41 Å². The van der Waals surface area contributed by atoms with Crippen LogP contribution in [-0.4, -0.2) is 25.4 Å². The van der Waals surface area contributed by atoms with Crippen LogP contribution in [-0.2, 0) is 5.41 Å². The Bertz CT molecular complexity index is 1400. The third kappa shape index (κ3) is 2.89. The molecule has 5 rings (SSSR count). The Morgan fingerprint density at radius 3 is 2.48 bits per heavy atom. The molecular formula is C25H16Cl2N2OSe. The van der Waals surface area contributed by atoms with Gasteiger partial charge in [0.05, 0.1) is 0 Å². The van der Waals surface area contributed by atoms with Crippen LogP contribution in [0.5, 0.6) is 0 Å². The molecule has 1 unspecified atom stereocenters. The van der Waals surface area contributed by atoms with Crippen molar-refractivity contribution < 1.29 is 4.79 Å². The van der Waals surface area contributed by atoms with E-state index in [-0.39, 0.29) is 20.9 Å². The van der Waals surface area contributed by atoms with Crippen LogP contribution in [0.1, 0.15) is 17.3 Å². The zero-order valence-electron chi connectivity index (χ0n) is 16.5. The fourth-order valence-corrected chi connectivity index (χ4v) is 6.24. The Balaban J connectivity index is 1.98. The molecule has 152 valence electrons. The molecule has 0 saturated heterocycles. The van der Waals surface area contributed by atoms with Crippen molar-refractivity contribution in [2.24, 2.45) is 0 Å². The number of rotatable bonds is 3. The van der Waals surface area contributed by atoms with Gasteiger partial charge in [-0.1, -0.05) is 0 Å². The summed E-state index contributed by atoms with van der Waals surface area (Å²) >= 11 is 12.8. The average molecular weight is 510 g/mol. The van der Waals surface area contributed by atoms with Gasteiger partial charge in [0.2, 0.25) is 0 Å². The predicted octanol–water partition coefficient (Wildman–Crippen LogP) is 6.80. The minimum absolute atomic E-state index is 0.0744. The van der Waals surface area contributed by atoms with Crippen molar-refractivity contribution in [3.8, 4) is 27.4 Å². The van der Waals surface area contributed by atoms with Crippen LogP contribution >= 0.6 is 23.2 Å². The molecule has 0 spiro atoms. The molecule has 3 nitrogen and oxygen atoms in total. The quantitative estimate of drug-likeness (QED) is 0.285. The Hall–Kier alpha value is -2.54. The third-order valence-corrected chi connectivity index (χ3v) is 8.54. The Morgan fingerprint density at radius 2 is 1.74 bits per heavy atom. The van der Waals surface area contributed by atoms with Crippen LogP contribution in [0.4, 0.5) is 0 Å². The van der Waals surface area contributed by atoms with Gasteiger partial charge >= 0.3 is 197 Å². The van der Waals surface area contributed by atoms with Gasteiger partial charge in [-0.15, -0.1) is 0 Å². The van der Waals surface area contributed by atoms with E-state index >= 15 is 0 Å². The zero-order chi connectivity index (χ0) is 21.8. The summed E-state index contributed by atoms with van der Waals surface area (Å²) in [6.45, 7) is 1.93. The van der Waals surface area contributed by atoms with Gasteiger partial charge in [0.25, 0.3) is 0 Å². The second kappa shape index (κ2) is 7.55. The number of hydrogen-bond acceptors (Lipinski definition) is 2. The van der Waals surface area contributed by atoms with Crippen molar-refractivity contribution in [1.29, 1.82) is 5.26 Å². The van der Waals surface area contributed by atoms with Crippen LogP contribution < -0.4 is 0 Å². The average Bonchev–Trinajstić information content (AvgIpc) is 3.15. The van der Waals surface area contributed by atoms with E-state index in [4.69, 9.17) is 23.2 Å². The second-order valence-electron chi connectivity index (χ2n) is 7.75. The number of aromatic nitrogens is 1. The van der Waals surface area contributed by atoms with Crippen LogP contribution in [0.25, 0.3) is 33.3 Å². The van der Waals surface area contributed by atoms with Crippen LogP contribution in [0.3, 0.4) is 0 Å². The summed E-state index contributed by atoms with van der Waals surface area (Å²) in [7, 11) is 0. The van der Waals surface area contributed by atoms with Gasteiger partial charge in [0.1, 0.15) is 0 Å². The SMILES string of the molecule is CC1(C[Se]C#N)C(=O)n2c(c(-c3ccccc3)c3ccc(Cl)c(Cl)c32)-c2ccccc21. The summed E-state index contributed by atoms with van der Waals surface area (Å²) in [5.74, 6) is -0.0744. The van der Waals surface area contributed by atoms with Gasteiger partial charge in [0, 0.05) is 0 Å². The van der Waals surface area contributed by atoms with E-state index in [1.165, 1.54) is 0 Å². The monoisotopic (exact) mass is 510 g/mol. The molecule has 1 aromatic heterocycles. The van der Waals surface area contributed by atoms with Crippen molar-refractivity contribution in [3.63, 3.8) is 0 Å². The molecule has 0 saturated carbocycles. The molecule has 0 radical (unpaired) electrons. The minimum atomic E-state index is -0.815. The van der Waals surface area contributed by atoms with E-state index in [9.17, 15) is 10.1 Å². The number of nitrogens with zero attached hydrogens (tertiary/aromatic N) is 2. The standard InChI is InChI=1S/C25H16Cl2N2OSe/c1-25(13-31-14-28)18-10-6-5-9-16(18)22-20(15-7-3-2-4-8-15)17-11-12-19(26)21(27)23(17)29(22)24(25)30/h2-12H,13H2,1H3. The first-order chi connectivity index (χ1) is 15.0. The van der Waals surface area contributed by atoms with Gasteiger partial charge in [0.15, 0.2) is 0 Å². The molecule has 3 aromatic carbocycles. The first-order valence-electron chi connectivity index (χ1n) is 9.72. The van der Waals surface area contributed by atoms with Gasteiger partial charge in [-0.05, 0) is 0 Å². The van der Waals surface area contributed by atoms with Crippen LogP contribution in [0.2, 0.25) is 15.4 Å². The molecule has 1 aliphatic heterocycles.